The van der Waals surface area contributed by atoms with Crippen molar-refractivity contribution in [1.29, 1.82) is 0 Å². The number of hydrogen-bond donors (Lipinski definition) is 1. The Labute approximate surface area is 184 Å². The fraction of sp³-hybridized carbons (Fsp3) is 0.182. The zero-order valence-corrected chi connectivity index (χ0v) is 17.8. The number of rotatable bonds is 7. The zero-order chi connectivity index (χ0) is 21.5. The van der Waals surface area contributed by atoms with Crippen LogP contribution in [0.15, 0.2) is 54.7 Å². The highest BCUT2D eigenvalue weighted by molar-refractivity contribution is 6.36. The SMILES string of the molecule is CCCN(CC(=O)Nc1ccc(Cl)cc1Cl)C(=O)/C=C/c1cnc2ccccc2n1. The smallest absolute Gasteiger partial charge is 0.247 e. The van der Waals surface area contributed by atoms with E-state index in [1.54, 1.807) is 30.5 Å². The minimum Gasteiger partial charge on any atom is -0.330 e. The molecule has 0 aliphatic rings. The van der Waals surface area contributed by atoms with Crippen LogP contribution in [0, 0.1) is 0 Å². The van der Waals surface area contributed by atoms with Crippen molar-refractivity contribution in [2.24, 2.45) is 0 Å². The molecule has 8 heteroatoms. The highest BCUT2D eigenvalue weighted by Gasteiger charge is 2.15. The van der Waals surface area contributed by atoms with Crippen molar-refractivity contribution in [2.75, 3.05) is 18.4 Å². The number of carbonyl (C=O) groups excluding carboxylic acids is 2. The monoisotopic (exact) mass is 442 g/mol. The number of anilines is 1. The molecule has 0 saturated carbocycles. The molecule has 0 unspecified atom stereocenters. The molecule has 154 valence electrons. The van der Waals surface area contributed by atoms with Gasteiger partial charge < -0.3 is 10.2 Å². The summed E-state index contributed by atoms with van der Waals surface area (Å²) in [7, 11) is 0. The number of carbonyl (C=O) groups is 2. The van der Waals surface area contributed by atoms with Crippen molar-refractivity contribution in [3.63, 3.8) is 0 Å². The molecule has 1 N–H and O–H groups in total. The third-order valence-corrected chi connectivity index (χ3v) is 4.76. The highest BCUT2D eigenvalue weighted by Crippen LogP contribution is 2.25. The lowest BCUT2D eigenvalue weighted by atomic mass is 10.2. The van der Waals surface area contributed by atoms with E-state index in [0.717, 1.165) is 11.0 Å². The number of para-hydroxylation sites is 2. The second-order valence-electron chi connectivity index (χ2n) is 6.55. The zero-order valence-electron chi connectivity index (χ0n) is 16.3. The Kier molecular flexibility index (Phi) is 7.38. The van der Waals surface area contributed by atoms with Crippen LogP contribution in [0.25, 0.3) is 17.1 Å². The summed E-state index contributed by atoms with van der Waals surface area (Å²) in [6.07, 6.45) is 5.31. The summed E-state index contributed by atoms with van der Waals surface area (Å²) in [5.74, 6) is -0.635. The van der Waals surface area contributed by atoms with Gasteiger partial charge in [0.1, 0.15) is 6.54 Å². The Morgan fingerprint density at radius 1 is 1.13 bits per heavy atom. The van der Waals surface area contributed by atoms with E-state index >= 15 is 0 Å². The average molecular weight is 443 g/mol. The Hall–Kier alpha value is -2.96. The molecule has 1 heterocycles. The van der Waals surface area contributed by atoms with Gasteiger partial charge >= 0.3 is 0 Å². The first kappa shape index (κ1) is 21.7. The van der Waals surface area contributed by atoms with Crippen LogP contribution in [0.4, 0.5) is 5.69 Å². The van der Waals surface area contributed by atoms with Crippen LogP contribution in [0.1, 0.15) is 19.0 Å². The average Bonchev–Trinajstić information content (AvgIpc) is 2.73. The van der Waals surface area contributed by atoms with Gasteiger partial charge in [-0.25, -0.2) is 4.98 Å². The highest BCUT2D eigenvalue weighted by atomic mass is 35.5. The lowest BCUT2D eigenvalue weighted by Gasteiger charge is -2.20. The summed E-state index contributed by atoms with van der Waals surface area (Å²) in [4.78, 5) is 35.3. The Morgan fingerprint density at radius 3 is 2.63 bits per heavy atom. The van der Waals surface area contributed by atoms with E-state index in [4.69, 9.17) is 23.2 Å². The van der Waals surface area contributed by atoms with Gasteiger partial charge in [-0.1, -0.05) is 42.3 Å². The van der Waals surface area contributed by atoms with E-state index in [1.165, 1.54) is 11.0 Å². The van der Waals surface area contributed by atoms with Crippen molar-refractivity contribution in [3.8, 4) is 0 Å². The van der Waals surface area contributed by atoms with Crippen LogP contribution in [0.5, 0.6) is 0 Å². The van der Waals surface area contributed by atoms with Crippen molar-refractivity contribution in [3.05, 3.63) is 70.5 Å². The number of nitrogens with zero attached hydrogens (tertiary/aromatic N) is 3. The van der Waals surface area contributed by atoms with Crippen LogP contribution >= 0.6 is 23.2 Å². The van der Waals surface area contributed by atoms with E-state index < -0.39 is 0 Å². The van der Waals surface area contributed by atoms with Gasteiger partial charge in [0.05, 0.1) is 33.6 Å². The molecule has 0 spiro atoms. The number of fused-ring (bicyclic) bond motifs is 1. The topological polar surface area (TPSA) is 75.2 Å². The summed E-state index contributed by atoms with van der Waals surface area (Å²) in [6.45, 7) is 2.28. The molecule has 0 atom stereocenters. The van der Waals surface area contributed by atoms with Crippen LogP contribution in [-0.2, 0) is 9.59 Å². The first-order valence-corrected chi connectivity index (χ1v) is 10.2. The standard InChI is InChI=1S/C22H20Cl2N4O2/c1-2-11-28(14-21(29)27-18-9-7-15(23)12-17(18)24)22(30)10-8-16-13-25-19-5-3-4-6-20(19)26-16/h3-10,12-13H,2,11,14H2,1H3,(H,27,29)/b10-8+. The molecule has 0 bridgehead atoms. The fourth-order valence-corrected chi connectivity index (χ4v) is 3.26. The van der Waals surface area contributed by atoms with E-state index in [0.29, 0.717) is 34.4 Å². The second-order valence-corrected chi connectivity index (χ2v) is 7.39. The van der Waals surface area contributed by atoms with Gasteiger partial charge in [0.25, 0.3) is 0 Å². The van der Waals surface area contributed by atoms with Crippen molar-refractivity contribution in [1.82, 2.24) is 14.9 Å². The number of hydrogen-bond acceptors (Lipinski definition) is 4. The third kappa shape index (κ3) is 5.78. The number of nitrogens with one attached hydrogen (secondary N) is 1. The molecule has 0 aliphatic heterocycles. The lowest BCUT2D eigenvalue weighted by molar-refractivity contribution is -0.130. The van der Waals surface area contributed by atoms with Gasteiger partial charge in [-0.15, -0.1) is 0 Å². The quantitative estimate of drug-likeness (QED) is 0.531. The molecule has 0 radical (unpaired) electrons. The number of aromatic nitrogens is 2. The maximum Gasteiger partial charge on any atom is 0.247 e. The van der Waals surface area contributed by atoms with Crippen molar-refractivity contribution < 1.29 is 9.59 Å². The van der Waals surface area contributed by atoms with Crippen LogP contribution in [0.2, 0.25) is 10.0 Å². The molecule has 3 rings (SSSR count). The lowest BCUT2D eigenvalue weighted by Crippen LogP contribution is -2.37. The predicted octanol–water partition coefficient (Wildman–Crippen LogP) is 4.83. The van der Waals surface area contributed by atoms with Gasteiger partial charge in [0, 0.05) is 17.6 Å². The maximum absolute atomic E-state index is 12.6. The molecule has 0 saturated heterocycles. The van der Waals surface area contributed by atoms with Crippen molar-refractivity contribution in [2.45, 2.75) is 13.3 Å². The van der Waals surface area contributed by atoms with Gasteiger partial charge in [-0.05, 0) is 42.8 Å². The van der Waals surface area contributed by atoms with Crippen LogP contribution in [-0.4, -0.2) is 39.8 Å². The van der Waals surface area contributed by atoms with Gasteiger partial charge in [0.2, 0.25) is 11.8 Å². The van der Waals surface area contributed by atoms with Crippen LogP contribution < -0.4 is 5.32 Å². The fourth-order valence-electron chi connectivity index (χ4n) is 2.80. The van der Waals surface area contributed by atoms with E-state index in [9.17, 15) is 9.59 Å². The predicted molar refractivity (Wildman–Crippen MR) is 121 cm³/mol. The third-order valence-electron chi connectivity index (χ3n) is 4.21. The summed E-state index contributed by atoms with van der Waals surface area (Å²) in [6, 6.07) is 12.3. The van der Waals surface area contributed by atoms with Crippen molar-refractivity contribution >= 4 is 57.8 Å². The summed E-state index contributed by atoms with van der Waals surface area (Å²) < 4.78 is 0. The van der Waals surface area contributed by atoms with Gasteiger partial charge in [0.15, 0.2) is 0 Å². The molecular formula is C22H20Cl2N4O2. The summed E-state index contributed by atoms with van der Waals surface area (Å²) in [5, 5.41) is 3.51. The summed E-state index contributed by atoms with van der Waals surface area (Å²) >= 11 is 12.0. The minimum atomic E-state index is -0.347. The molecule has 1 aromatic heterocycles. The van der Waals surface area contributed by atoms with Gasteiger partial charge in [-0.3, -0.25) is 14.6 Å². The molecular weight excluding hydrogens is 423 g/mol. The molecule has 2 amide bonds. The van der Waals surface area contributed by atoms with E-state index in [-0.39, 0.29) is 18.4 Å². The van der Waals surface area contributed by atoms with E-state index in [2.05, 4.69) is 15.3 Å². The number of amides is 2. The Balaban J connectivity index is 1.67. The molecule has 0 aliphatic carbocycles. The molecule has 30 heavy (non-hydrogen) atoms. The number of benzene rings is 2. The van der Waals surface area contributed by atoms with E-state index in [1.807, 2.05) is 31.2 Å². The largest absolute Gasteiger partial charge is 0.330 e. The normalized spacial score (nSPS) is 11.0. The molecule has 6 nitrogen and oxygen atoms in total. The first-order valence-electron chi connectivity index (χ1n) is 9.40. The second kappa shape index (κ2) is 10.2. The molecule has 0 fully saturated rings. The van der Waals surface area contributed by atoms with Gasteiger partial charge in [-0.2, -0.15) is 0 Å². The number of halogens is 2. The maximum atomic E-state index is 12.6. The Morgan fingerprint density at radius 2 is 1.90 bits per heavy atom. The minimum absolute atomic E-state index is 0.0978. The first-order chi connectivity index (χ1) is 14.5. The van der Waals surface area contributed by atoms with Crippen LogP contribution in [0.3, 0.4) is 0 Å². The Bertz CT molecular complexity index is 1100. The molecule has 3 aromatic rings. The molecule has 2 aromatic carbocycles. The summed E-state index contributed by atoms with van der Waals surface area (Å²) in [5.41, 5.74) is 2.54.